The third kappa shape index (κ3) is 3.00. The number of hydrogen-bond acceptors (Lipinski definition) is 2. The summed E-state index contributed by atoms with van der Waals surface area (Å²) in [6.45, 7) is 0. The van der Waals surface area contributed by atoms with Crippen molar-refractivity contribution in [3.63, 3.8) is 0 Å². The second-order valence-corrected chi connectivity index (χ2v) is 5.02. The summed E-state index contributed by atoms with van der Waals surface area (Å²) in [4.78, 5) is 0. The van der Waals surface area contributed by atoms with Crippen LogP contribution in [0.2, 0.25) is 5.02 Å². The molecule has 2 aromatic rings. The first-order valence-electron chi connectivity index (χ1n) is 5.87. The van der Waals surface area contributed by atoms with Gasteiger partial charge in [-0.15, -0.1) is 11.6 Å². The zero-order valence-corrected chi connectivity index (χ0v) is 12.5. The molecule has 0 aliphatic carbocycles. The minimum absolute atomic E-state index is 0.336. The Balaban J connectivity index is 2.40. The molecular weight excluding hydrogens is 302 g/mol. The number of halogens is 3. The average Bonchev–Trinajstić information content (AvgIpc) is 2.45. The molecule has 20 heavy (non-hydrogen) atoms. The van der Waals surface area contributed by atoms with E-state index in [9.17, 15) is 4.39 Å². The molecule has 0 saturated heterocycles. The summed E-state index contributed by atoms with van der Waals surface area (Å²) in [5.41, 5.74) is 1.08. The van der Waals surface area contributed by atoms with Gasteiger partial charge >= 0.3 is 0 Å². The predicted octanol–water partition coefficient (Wildman–Crippen LogP) is 4.82. The highest BCUT2D eigenvalue weighted by Crippen LogP contribution is 2.36. The Bertz CT molecular complexity index is 617. The van der Waals surface area contributed by atoms with E-state index in [2.05, 4.69) is 0 Å². The zero-order valence-electron chi connectivity index (χ0n) is 11.0. The van der Waals surface area contributed by atoms with Gasteiger partial charge in [-0.2, -0.15) is 0 Å². The standard InChI is InChI=1S/C15H13Cl2FO2/c1-19-13-6-3-9(7-14(13)20-2)15(17)11-5-4-10(16)8-12(11)18/h3-8,15H,1-2H3. The van der Waals surface area contributed by atoms with Crippen molar-refractivity contribution >= 4 is 23.2 Å². The molecule has 2 rings (SSSR count). The Labute approximate surface area is 127 Å². The highest BCUT2D eigenvalue weighted by atomic mass is 35.5. The third-order valence-electron chi connectivity index (χ3n) is 2.94. The van der Waals surface area contributed by atoms with E-state index < -0.39 is 11.2 Å². The maximum atomic E-state index is 13.9. The van der Waals surface area contributed by atoms with Gasteiger partial charge in [0.1, 0.15) is 5.82 Å². The van der Waals surface area contributed by atoms with Crippen LogP contribution in [0.4, 0.5) is 4.39 Å². The first kappa shape index (κ1) is 14.9. The Kier molecular flexibility index (Phi) is 4.73. The van der Waals surface area contributed by atoms with Crippen molar-refractivity contribution in [3.8, 4) is 11.5 Å². The van der Waals surface area contributed by atoms with Crippen LogP contribution in [0.25, 0.3) is 0 Å². The molecule has 1 atom stereocenters. The second kappa shape index (κ2) is 6.33. The summed E-state index contributed by atoms with van der Waals surface area (Å²) in [6, 6.07) is 9.66. The van der Waals surface area contributed by atoms with Crippen LogP contribution in [-0.4, -0.2) is 14.2 Å². The molecular formula is C15H13Cl2FO2. The van der Waals surface area contributed by atoms with Gasteiger partial charge in [-0.3, -0.25) is 0 Å². The lowest BCUT2D eigenvalue weighted by molar-refractivity contribution is 0.354. The molecule has 0 aliphatic rings. The van der Waals surface area contributed by atoms with Crippen LogP contribution in [0.3, 0.4) is 0 Å². The van der Waals surface area contributed by atoms with Gasteiger partial charge in [-0.25, -0.2) is 4.39 Å². The van der Waals surface area contributed by atoms with Crippen LogP contribution in [0, 0.1) is 5.82 Å². The van der Waals surface area contributed by atoms with Crippen molar-refractivity contribution in [2.75, 3.05) is 14.2 Å². The van der Waals surface area contributed by atoms with E-state index in [-0.39, 0.29) is 0 Å². The number of hydrogen-bond donors (Lipinski definition) is 0. The van der Waals surface area contributed by atoms with Gasteiger partial charge in [0.2, 0.25) is 0 Å². The SMILES string of the molecule is COc1ccc(C(Cl)c2ccc(Cl)cc2F)cc1OC. The molecule has 2 nitrogen and oxygen atoms in total. The lowest BCUT2D eigenvalue weighted by Crippen LogP contribution is -1.99. The normalized spacial score (nSPS) is 12.1. The van der Waals surface area contributed by atoms with Crippen molar-refractivity contribution in [1.82, 2.24) is 0 Å². The Hall–Kier alpha value is -1.45. The van der Waals surface area contributed by atoms with Gasteiger partial charge in [0.15, 0.2) is 11.5 Å². The van der Waals surface area contributed by atoms with Crippen molar-refractivity contribution < 1.29 is 13.9 Å². The summed E-state index contributed by atoms with van der Waals surface area (Å²) in [7, 11) is 3.09. The smallest absolute Gasteiger partial charge is 0.161 e. The van der Waals surface area contributed by atoms with Crippen LogP contribution >= 0.6 is 23.2 Å². The van der Waals surface area contributed by atoms with Gasteiger partial charge in [-0.1, -0.05) is 23.7 Å². The Morgan fingerprint density at radius 1 is 1.00 bits per heavy atom. The number of benzene rings is 2. The largest absolute Gasteiger partial charge is 0.493 e. The van der Waals surface area contributed by atoms with E-state index in [1.165, 1.54) is 13.2 Å². The molecule has 0 aromatic heterocycles. The fourth-order valence-electron chi connectivity index (χ4n) is 1.90. The fourth-order valence-corrected chi connectivity index (χ4v) is 2.37. The first-order chi connectivity index (χ1) is 9.56. The van der Waals surface area contributed by atoms with Gasteiger partial charge in [-0.05, 0) is 29.8 Å². The zero-order chi connectivity index (χ0) is 14.7. The van der Waals surface area contributed by atoms with E-state index in [1.54, 1.807) is 37.4 Å². The van der Waals surface area contributed by atoms with Crippen LogP contribution in [0.15, 0.2) is 36.4 Å². The highest BCUT2D eigenvalue weighted by molar-refractivity contribution is 6.30. The summed E-state index contributed by atoms with van der Waals surface area (Å²) in [6.07, 6.45) is 0. The van der Waals surface area contributed by atoms with Gasteiger partial charge in [0.25, 0.3) is 0 Å². The number of methoxy groups -OCH3 is 2. The molecule has 0 saturated carbocycles. The summed E-state index contributed by atoms with van der Waals surface area (Å²) < 4.78 is 24.3. The monoisotopic (exact) mass is 314 g/mol. The van der Waals surface area contributed by atoms with Crippen LogP contribution < -0.4 is 9.47 Å². The van der Waals surface area contributed by atoms with Crippen LogP contribution in [0.1, 0.15) is 16.5 Å². The lowest BCUT2D eigenvalue weighted by Gasteiger charge is -2.14. The first-order valence-corrected chi connectivity index (χ1v) is 6.69. The molecule has 0 spiro atoms. The maximum absolute atomic E-state index is 13.9. The van der Waals surface area contributed by atoms with Gasteiger partial charge in [0.05, 0.1) is 19.6 Å². The van der Waals surface area contributed by atoms with Crippen molar-refractivity contribution in [3.05, 3.63) is 58.4 Å². The highest BCUT2D eigenvalue weighted by Gasteiger charge is 2.17. The molecule has 5 heteroatoms. The third-order valence-corrected chi connectivity index (χ3v) is 3.66. The fraction of sp³-hybridized carbons (Fsp3) is 0.200. The Morgan fingerprint density at radius 2 is 1.70 bits per heavy atom. The predicted molar refractivity (Wildman–Crippen MR) is 78.7 cm³/mol. The molecule has 0 bridgehead atoms. The molecule has 0 amide bonds. The van der Waals surface area contributed by atoms with Crippen molar-refractivity contribution in [2.24, 2.45) is 0 Å². The summed E-state index contributed by atoms with van der Waals surface area (Å²) in [5, 5.41) is -0.297. The van der Waals surface area contributed by atoms with Gasteiger partial charge in [0, 0.05) is 10.6 Å². The van der Waals surface area contributed by atoms with E-state index in [0.29, 0.717) is 27.6 Å². The molecule has 1 unspecified atom stereocenters. The van der Waals surface area contributed by atoms with Crippen LogP contribution in [0.5, 0.6) is 11.5 Å². The van der Waals surface area contributed by atoms with Crippen molar-refractivity contribution in [1.29, 1.82) is 0 Å². The quantitative estimate of drug-likeness (QED) is 0.753. The number of ether oxygens (including phenoxy) is 2. The average molecular weight is 315 g/mol. The van der Waals surface area contributed by atoms with Crippen molar-refractivity contribution in [2.45, 2.75) is 5.38 Å². The maximum Gasteiger partial charge on any atom is 0.161 e. The van der Waals surface area contributed by atoms with E-state index in [1.807, 2.05) is 0 Å². The Morgan fingerprint density at radius 3 is 2.30 bits per heavy atom. The molecule has 0 radical (unpaired) electrons. The minimum atomic E-state index is -0.632. The van der Waals surface area contributed by atoms with Crippen LogP contribution in [-0.2, 0) is 0 Å². The molecule has 0 aliphatic heterocycles. The topological polar surface area (TPSA) is 18.5 Å². The number of rotatable bonds is 4. The molecule has 2 aromatic carbocycles. The molecule has 0 heterocycles. The van der Waals surface area contributed by atoms with E-state index in [0.717, 1.165) is 0 Å². The summed E-state index contributed by atoms with van der Waals surface area (Å²) >= 11 is 12.1. The molecule has 0 fully saturated rings. The minimum Gasteiger partial charge on any atom is -0.493 e. The second-order valence-electron chi connectivity index (χ2n) is 4.14. The lowest BCUT2D eigenvalue weighted by atomic mass is 10.0. The van der Waals surface area contributed by atoms with E-state index >= 15 is 0 Å². The number of alkyl halides is 1. The van der Waals surface area contributed by atoms with E-state index in [4.69, 9.17) is 32.7 Å². The molecule has 0 N–H and O–H groups in total. The molecule has 106 valence electrons. The van der Waals surface area contributed by atoms with Gasteiger partial charge < -0.3 is 9.47 Å². The summed E-state index contributed by atoms with van der Waals surface area (Å²) in [5.74, 6) is 0.703.